The third kappa shape index (κ3) is 1.73. The first-order valence-electron chi connectivity index (χ1n) is 4.37. The number of likely N-dealkylation sites (N-methyl/N-ethyl adjacent to an activating group) is 1. The zero-order valence-corrected chi connectivity index (χ0v) is 8.47. The van der Waals surface area contributed by atoms with Crippen molar-refractivity contribution in [2.45, 2.75) is 18.1 Å². The van der Waals surface area contributed by atoms with Gasteiger partial charge in [0.2, 0.25) is 5.54 Å². The van der Waals surface area contributed by atoms with E-state index in [-0.39, 0.29) is 6.54 Å². The van der Waals surface area contributed by atoms with Crippen LogP contribution >= 0.6 is 0 Å². The molecule has 1 aliphatic rings. The van der Waals surface area contributed by atoms with E-state index in [9.17, 15) is 18.0 Å². The zero-order chi connectivity index (χ0) is 11.7. The van der Waals surface area contributed by atoms with Crippen LogP contribution < -0.4 is 0 Å². The predicted molar refractivity (Wildman–Crippen MR) is 47.2 cm³/mol. The van der Waals surface area contributed by atoms with Crippen LogP contribution in [0.25, 0.3) is 0 Å². The van der Waals surface area contributed by atoms with Gasteiger partial charge in [-0.1, -0.05) is 12.2 Å². The molecule has 0 aromatic heterocycles. The van der Waals surface area contributed by atoms with E-state index in [4.69, 9.17) is 0 Å². The van der Waals surface area contributed by atoms with Gasteiger partial charge in [-0.2, -0.15) is 13.2 Å². The average Bonchev–Trinajstić information content (AvgIpc) is 2.15. The van der Waals surface area contributed by atoms with Crippen molar-refractivity contribution in [2.75, 3.05) is 20.7 Å². The first-order valence-corrected chi connectivity index (χ1v) is 4.37. The molecule has 6 heteroatoms. The molecule has 0 fully saturated rings. The van der Waals surface area contributed by atoms with Gasteiger partial charge < -0.3 is 4.74 Å². The van der Waals surface area contributed by atoms with Crippen LogP contribution in [0.4, 0.5) is 13.2 Å². The molecule has 1 unspecified atom stereocenters. The van der Waals surface area contributed by atoms with Crippen LogP contribution in [0, 0.1) is 0 Å². The fourth-order valence-corrected chi connectivity index (χ4v) is 1.65. The minimum absolute atomic E-state index is 0.0780. The molecule has 0 aromatic carbocycles. The average molecular weight is 223 g/mol. The molecule has 3 nitrogen and oxygen atoms in total. The first kappa shape index (κ1) is 12.0. The third-order valence-electron chi connectivity index (χ3n) is 2.60. The number of halogens is 3. The molecule has 0 saturated heterocycles. The number of nitrogens with zero attached hydrogens (tertiary/aromatic N) is 1. The zero-order valence-electron chi connectivity index (χ0n) is 8.47. The standard InChI is InChI=1S/C9H12F3NO2/c1-13-6-4-3-5-8(13,7(14)15-2)9(10,11)12/h3-4H,5-6H2,1-2H3. The minimum atomic E-state index is -4.64. The van der Waals surface area contributed by atoms with Gasteiger partial charge in [0, 0.05) is 13.0 Å². The number of hydrogen-bond donors (Lipinski definition) is 0. The summed E-state index contributed by atoms with van der Waals surface area (Å²) in [5, 5.41) is 0. The predicted octanol–water partition coefficient (Wildman–Crippen LogP) is 1.35. The highest BCUT2D eigenvalue weighted by atomic mass is 19.4. The van der Waals surface area contributed by atoms with Gasteiger partial charge in [-0.3, -0.25) is 4.90 Å². The van der Waals surface area contributed by atoms with Crippen LogP contribution in [0.3, 0.4) is 0 Å². The molecular formula is C9H12F3NO2. The lowest BCUT2D eigenvalue weighted by Crippen LogP contribution is -2.63. The second-order valence-electron chi connectivity index (χ2n) is 3.41. The molecule has 0 bridgehead atoms. The topological polar surface area (TPSA) is 29.5 Å². The summed E-state index contributed by atoms with van der Waals surface area (Å²) in [6.07, 6.45) is -2.10. The Hall–Kier alpha value is -1.04. The summed E-state index contributed by atoms with van der Waals surface area (Å²) in [5.41, 5.74) is -2.53. The summed E-state index contributed by atoms with van der Waals surface area (Å²) >= 11 is 0. The van der Waals surface area contributed by atoms with Crippen molar-refractivity contribution in [3.8, 4) is 0 Å². The van der Waals surface area contributed by atoms with Gasteiger partial charge in [0.25, 0.3) is 0 Å². The van der Waals surface area contributed by atoms with Crippen LogP contribution in [0.2, 0.25) is 0 Å². The Bertz CT molecular complexity index is 288. The smallest absolute Gasteiger partial charge is 0.417 e. The van der Waals surface area contributed by atoms with Crippen molar-refractivity contribution >= 4 is 5.97 Å². The molecule has 1 aliphatic heterocycles. The van der Waals surface area contributed by atoms with Crippen LogP contribution in [0.5, 0.6) is 0 Å². The maximum Gasteiger partial charge on any atom is 0.417 e. The van der Waals surface area contributed by atoms with E-state index >= 15 is 0 Å². The van der Waals surface area contributed by atoms with E-state index in [1.165, 1.54) is 13.1 Å². The van der Waals surface area contributed by atoms with E-state index < -0.39 is 24.1 Å². The van der Waals surface area contributed by atoms with Crippen molar-refractivity contribution in [3.63, 3.8) is 0 Å². The highest BCUT2D eigenvalue weighted by Gasteiger charge is 2.63. The summed E-state index contributed by atoms with van der Waals surface area (Å²) in [6, 6.07) is 0. The van der Waals surface area contributed by atoms with Gasteiger partial charge in [-0.25, -0.2) is 4.79 Å². The Balaban J connectivity index is 3.17. The molecule has 1 atom stereocenters. The van der Waals surface area contributed by atoms with Gasteiger partial charge in [-0.05, 0) is 7.05 Å². The molecule has 0 saturated carbocycles. The second kappa shape index (κ2) is 3.84. The van der Waals surface area contributed by atoms with Gasteiger partial charge in [0.15, 0.2) is 0 Å². The number of alkyl halides is 3. The number of hydrogen-bond acceptors (Lipinski definition) is 3. The lowest BCUT2D eigenvalue weighted by molar-refractivity contribution is -0.236. The lowest BCUT2D eigenvalue weighted by Gasteiger charge is -2.41. The molecule has 0 aliphatic carbocycles. The normalized spacial score (nSPS) is 27.8. The summed E-state index contributed by atoms with van der Waals surface area (Å²) in [5.74, 6) is -1.26. The van der Waals surface area contributed by atoms with Crippen molar-refractivity contribution < 1.29 is 22.7 Å². The van der Waals surface area contributed by atoms with Gasteiger partial charge in [0.1, 0.15) is 0 Å². The fraction of sp³-hybridized carbons (Fsp3) is 0.667. The Labute approximate surface area is 85.5 Å². The van der Waals surface area contributed by atoms with E-state index in [1.807, 2.05) is 0 Å². The molecule has 0 radical (unpaired) electrons. The van der Waals surface area contributed by atoms with Gasteiger partial charge >= 0.3 is 12.1 Å². The van der Waals surface area contributed by atoms with E-state index in [0.29, 0.717) is 0 Å². The molecule has 1 rings (SSSR count). The van der Waals surface area contributed by atoms with E-state index in [2.05, 4.69) is 4.74 Å². The molecule has 1 heterocycles. The van der Waals surface area contributed by atoms with Crippen LogP contribution in [0.15, 0.2) is 12.2 Å². The van der Waals surface area contributed by atoms with Crippen molar-refractivity contribution in [3.05, 3.63) is 12.2 Å². The van der Waals surface area contributed by atoms with Crippen molar-refractivity contribution in [1.82, 2.24) is 4.90 Å². The lowest BCUT2D eigenvalue weighted by atomic mass is 9.89. The quantitative estimate of drug-likeness (QED) is 0.496. The van der Waals surface area contributed by atoms with Crippen molar-refractivity contribution in [2.24, 2.45) is 0 Å². The molecular weight excluding hydrogens is 211 g/mol. The molecule has 0 spiro atoms. The Morgan fingerprint density at radius 2 is 2.07 bits per heavy atom. The first-order chi connectivity index (χ1) is 6.86. The molecule has 0 aromatic rings. The van der Waals surface area contributed by atoms with E-state index in [1.54, 1.807) is 6.08 Å². The maximum absolute atomic E-state index is 12.9. The van der Waals surface area contributed by atoms with Gasteiger partial charge in [0.05, 0.1) is 7.11 Å². The number of rotatable bonds is 1. The monoisotopic (exact) mass is 223 g/mol. The Kier molecular flexibility index (Phi) is 3.08. The highest BCUT2D eigenvalue weighted by Crippen LogP contribution is 2.40. The number of ether oxygens (including phenoxy) is 1. The third-order valence-corrected chi connectivity index (χ3v) is 2.60. The Morgan fingerprint density at radius 1 is 1.47 bits per heavy atom. The largest absolute Gasteiger partial charge is 0.467 e. The van der Waals surface area contributed by atoms with Crippen molar-refractivity contribution in [1.29, 1.82) is 0 Å². The fourth-order valence-electron chi connectivity index (χ4n) is 1.65. The molecule has 0 amide bonds. The summed E-state index contributed by atoms with van der Waals surface area (Å²) < 4.78 is 43.0. The summed E-state index contributed by atoms with van der Waals surface area (Å²) in [7, 11) is 2.22. The molecule has 0 N–H and O–H groups in total. The minimum Gasteiger partial charge on any atom is -0.467 e. The van der Waals surface area contributed by atoms with Crippen LogP contribution in [0.1, 0.15) is 6.42 Å². The number of carbonyl (C=O) groups is 1. The summed E-state index contributed by atoms with van der Waals surface area (Å²) in [6.45, 7) is 0.0780. The Morgan fingerprint density at radius 3 is 2.47 bits per heavy atom. The van der Waals surface area contributed by atoms with E-state index in [0.717, 1.165) is 12.0 Å². The van der Waals surface area contributed by atoms with Crippen LogP contribution in [-0.4, -0.2) is 43.3 Å². The second-order valence-corrected chi connectivity index (χ2v) is 3.41. The molecule has 15 heavy (non-hydrogen) atoms. The highest BCUT2D eigenvalue weighted by molar-refractivity contribution is 5.82. The summed E-state index contributed by atoms with van der Waals surface area (Å²) in [4.78, 5) is 12.3. The van der Waals surface area contributed by atoms with Crippen LogP contribution in [-0.2, 0) is 9.53 Å². The maximum atomic E-state index is 12.9. The SMILES string of the molecule is COC(=O)C1(C(F)(F)F)CC=CCN1C. The van der Waals surface area contributed by atoms with Gasteiger partial charge in [-0.15, -0.1) is 0 Å². The number of carbonyl (C=O) groups excluding carboxylic acids is 1. The molecule has 86 valence electrons. The number of esters is 1. The number of methoxy groups -OCH3 is 1.